The van der Waals surface area contributed by atoms with Crippen LogP contribution in [0.1, 0.15) is 27.7 Å². The van der Waals surface area contributed by atoms with Crippen molar-refractivity contribution in [1.29, 1.82) is 0 Å². The van der Waals surface area contributed by atoms with E-state index >= 15 is 0 Å². The number of imidazole rings is 1. The van der Waals surface area contributed by atoms with E-state index in [0.717, 1.165) is 29.9 Å². The van der Waals surface area contributed by atoms with Crippen molar-refractivity contribution >= 4 is 17.0 Å². The molecule has 21 heavy (non-hydrogen) atoms. The van der Waals surface area contributed by atoms with E-state index in [0.29, 0.717) is 18.0 Å². The Labute approximate surface area is 126 Å². The first-order valence-corrected chi connectivity index (χ1v) is 7.49. The lowest BCUT2D eigenvalue weighted by Crippen LogP contribution is -2.39. The van der Waals surface area contributed by atoms with Gasteiger partial charge in [0.25, 0.3) is 0 Å². The molecule has 0 aliphatic rings. The summed E-state index contributed by atoms with van der Waals surface area (Å²) >= 11 is 0. The van der Waals surface area contributed by atoms with Gasteiger partial charge in [-0.05, 0) is 39.8 Å². The molecule has 0 radical (unpaired) electrons. The Hall–Kier alpha value is -1.75. The second-order valence-electron chi connectivity index (χ2n) is 5.90. The fourth-order valence-electron chi connectivity index (χ4n) is 2.82. The van der Waals surface area contributed by atoms with Crippen LogP contribution in [0.5, 0.6) is 5.75 Å². The molecule has 0 atom stereocenters. The SMILES string of the molecule is COc1ccc2c(c1)nc(N)n2CCN(C(C)C)C(C)C. The first-order chi connectivity index (χ1) is 9.93. The van der Waals surface area contributed by atoms with E-state index in [1.165, 1.54) is 0 Å². The molecule has 1 aromatic heterocycles. The zero-order valence-electron chi connectivity index (χ0n) is 13.6. The molecule has 0 fully saturated rings. The van der Waals surface area contributed by atoms with E-state index in [4.69, 9.17) is 10.5 Å². The molecule has 0 bridgehead atoms. The minimum Gasteiger partial charge on any atom is -0.497 e. The maximum Gasteiger partial charge on any atom is 0.201 e. The summed E-state index contributed by atoms with van der Waals surface area (Å²) in [7, 11) is 1.66. The summed E-state index contributed by atoms with van der Waals surface area (Å²) in [5.74, 6) is 1.36. The number of hydrogen-bond donors (Lipinski definition) is 1. The second-order valence-corrected chi connectivity index (χ2v) is 5.90. The highest BCUT2D eigenvalue weighted by molar-refractivity contribution is 5.79. The number of fused-ring (bicyclic) bond motifs is 1. The molecule has 0 aliphatic heterocycles. The van der Waals surface area contributed by atoms with Crippen LogP contribution in [-0.2, 0) is 6.54 Å². The Kier molecular flexibility index (Phi) is 4.73. The van der Waals surface area contributed by atoms with Gasteiger partial charge in [0.2, 0.25) is 5.95 Å². The Morgan fingerprint density at radius 2 is 1.90 bits per heavy atom. The van der Waals surface area contributed by atoms with Gasteiger partial charge in [-0.25, -0.2) is 4.98 Å². The molecule has 5 nitrogen and oxygen atoms in total. The molecular weight excluding hydrogens is 264 g/mol. The third kappa shape index (κ3) is 3.29. The van der Waals surface area contributed by atoms with Gasteiger partial charge in [-0.2, -0.15) is 0 Å². The summed E-state index contributed by atoms with van der Waals surface area (Å²) in [6.45, 7) is 10.7. The molecule has 0 spiro atoms. The van der Waals surface area contributed by atoms with Crippen LogP contribution in [0.15, 0.2) is 18.2 Å². The van der Waals surface area contributed by atoms with E-state index in [-0.39, 0.29) is 0 Å². The minimum atomic E-state index is 0.515. The molecule has 0 saturated heterocycles. The zero-order chi connectivity index (χ0) is 15.6. The molecule has 5 heteroatoms. The highest BCUT2D eigenvalue weighted by atomic mass is 16.5. The molecule has 1 heterocycles. The zero-order valence-corrected chi connectivity index (χ0v) is 13.6. The van der Waals surface area contributed by atoms with Gasteiger partial charge in [-0.15, -0.1) is 0 Å². The number of aromatic nitrogens is 2. The molecule has 0 aliphatic carbocycles. The van der Waals surface area contributed by atoms with E-state index in [1.54, 1.807) is 7.11 Å². The summed E-state index contributed by atoms with van der Waals surface area (Å²) in [5.41, 5.74) is 8.01. The van der Waals surface area contributed by atoms with Gasteiger partial charge >= 0.3 is 0 Å². The highest BCUT2D eigenvalue weighted by Crippen LogP contribution is 2.23. The summed E-state index contributed by atoms with van der Waals surface area (Å²) in [6.07, 6.45) is 0. The Morgan fingerprint density at radius 3 is 2.48 bits per heavy atom. The third-order valence-electron chi connectivity index (χ3n) is 3.89. The smallest absolute Gasteiger partial charge is 0.201 e. The molecule has 2 aromatic rings. The fraction of sp³-hybridized carbons (Fsp3) is 0.562. The first-order valence-electron chi connectivity index (χ1n) is 7.49. The standard InChI is InChI=1S/C16H26N4O/c1-11(2)19(12(3)4)8-9-20-15-7-6-13(21-5)10-14(15)18-16(20)17/h6-7,10-12H,8-9H2,1-5H3,(H2,17,18). The number of nitrogen functional groups attached to an aromatic ring is 1. The number of nitrogens with zero attached hydrogens (tertiary/aromatic N) is 3. The summed E-state index contributed by atoms with van der Waals surface area (Å²) in [6, 6.07) is 6.92. The van der Waals surface area contributed by atoms with Crippen LogP contribution in [0.25, 0.3) is 11.0 Å². The number of methoxy groups -OCH3 is 1. The van der Waals surface area contributed by atoms with Crippen molar-refractivity contribution in [2.75, 3.05) is 19.4 Å². The average molecular weight is 290 g/mol. The Morgan fingerprint density at radius 1 is 1.24 bits per heavy atom. The van der Waals surface area contributed by atoms with Gasteiger partial charge in [-0.3, -0.25) is 4.90 Å². The van der Waals surface area contributed by atoms with Crippen LogP contribution in [0.3, 0.4) is 0 Å². The fourth-order valence-corrected chi connectivity index (χ4v) is 2.82. The highest BCUT2D eigenvalue weighted by Gasteiger charge is 2.15. The van der Waals surface area contributed by atoms with Gasteiger partial charge in [0.05, 0.1) is 18.1 Å². The van der Waals surface area contributed by atoms with Crippen LogP contribution in [0, 0.1) is 0 Å². The van der Waals surface area contributed by atoms with Crippen molar-refractivity contribution in [1.82, 2.24) is 14.5 Å². The minimum absolute atomic E-state index is 0.515. The third-order valence-corrected chi connectivity index (χ3v) is 3.89. The van der Waals surface area contributed by atoms with Crippen molar-refractivity contribution in [3.8, 4) is 5.75 Å². The predicted octanol–water partition coefficient (Wildman–Crippen LogP) is 2.75. The van der Waals surface area contributed by atoms with E-state index in [2.05, 4.69) is 42.1 Å². The van der Waals surface area contributed by atoms with Gasteiger partial charge in [0, 0.05) is 31.2 Å². The summed E-state index contributed by atoms with van der Waals surface area (Å²) in [4.78, 5) is 6.88. The van der Waals surface area contributed by atoms with Crippen molar-refractivity contribution in [2.45, 2.75) is 46.3 Å². The topological polar surface area (TPSA) is 56.3 Å². The van der Waals surface area contributed by atoms with Crippen molar-refractivity contribution in [3.05, 3.63) is 18.2 Å². The van der Waals surface area contributed by atoms with E-state index in [9.17, 15) is 0 Å². The lowest BCUT2D eigenvalue weighted by molar-refractivity contribution is 0.169. The van der Waals surface area contributed by atoms with E-state index in [1.807, 2.05) is 18.2 Å². The number of rotatable bonds is 6. The molecule has 0 amide bonds. The number of benzene rings is 1. The normalized spacial score (nSPS) is 12.0. The number of ether oxygens (including phenoxy) is 1. The Bertz CT molecular complexity index is 596. The molecule has 116 valence electrons. The average Bonchev–Trinajstić information content (AvgIpc) is 2.73. The lowest BCUT2D eigenvalue weighted by Gasteiger charge is -2.30. The van der Waals surface area contributed by atoms with Gasteiger partial charge < -0.3 is 15.0 Å². The second kappa shape index (κ2) is 6.35. The van der Waals surface area contributed by atoms with Crippen LogP contribution in [0.4, 0.5) is 5.95 Å². The van der Waals surface area contributed by atoms with Crippen LogP contribution >= 0.6 is 0 Å². The first kappa shape index (κ1) is 15.6. The number of anilines is 1. The molecule has 2 rings (SSSR count). The maximum atomic E-state index is 6.08. The van der Waals surface area contributed by atoms with Crippen LogP contribution < -0.4 is 10.5 Å². The van der Waals surface area contributed by atoms with Crippen LogP contribution in [0.2, 0.25) is 0 Å². The molecule has 0 unspecified atom stereocenters. The lowest BCUT2D eigenvalue weighted by atomic mass is 10.2. The molecule has 0 saturated carbocycles. The molecule has 1 aromatic carbocycles. The molecule has 2 N–H and O–H groups in total. The summed E-state index contributed by atoms with van der Waals surface area (Å²) in [5, 5.41) is 0. The number of nitrogens with two attached hydrogens (primary N) is 1. The largest absolute Gasteiger partial charge is 0.497 e. The monoisotopic (exact) mass is 290 g/mol. The van der Waals surface area contributed by atoms with E-state index < -0.39 is 0 Å². The van der Waals surface area contributed by atoms with Gasteiger partial charge in [-0.1, -0.05) is 0 Å². The van der Waals surface area contributed by atoms with Gasteiger partial charge in [0.15, 0.2) is 0 Å². The van der Waals surface area contributed by atoms with Crippen LogP contribution in [-0.4, -0.2) is 40.2 Å². The predicted molar refractivity (Wildman–Crippen MR) is 87.7 cm³/mol. The Balaban J connectivity index is 2.24. The van der Waals surface area contributed by atoms with Gasteiger partial charge in [0.1, 0.15) is 5.75 Å². The number of hydrogen-bond acceptors (Lipinski definition) is 4. The maximum absolute atomic E-state index is 6.08. The van der Waals surface area contributed by atoms with Crippen molar-refractivity contribution in [2.24, 2.45) is 0 Å². The summed E-state index contributed by atoms with van der Waals surface area (Å²) < 4.78 is 7.31. The quantitative estimate of drug-likeness (QED) is 0.889. The molecular formula is C16H26N4O. The van der Waals surface area contributed by atoms with Crippen molar-refractivity contribution < 1.29 is 4.74 Å². The van der Waals surface area contributed by atoms with Crippen molar-refractivity contribution in [3.63, 3.8) is 0 Å².